The summed E-state index contributed by atoms with van der Waals surface area (Å²) in [5.41, 5.74) is 11.7. The lowest BCUT2D eigenvalue weighted by Gasteiger charge is -2.35. The van der Waals surface area contributed by atoms with Gasteiger partial charge in [0.15, 0.2) is 0 Å². The van der Waals surface area contributed by atoms with Crippen molar-refractivity contribution in [1.82, 2.24) is 0 Å². The molecule has 0 aliphatic heterocycles. The molecule has 8 aromatic rings. The number of hydrogen-bond donors (Lipinski definition) is 0. The molecule has 0 saturated heterocycles. The van der Waals surface area contributed by atoms with Gasteiger partial charge >= 0.3 is 0 Å². The standard InChI is InChI=1S/C50H37NO/c1-3-12-34(13-4-1)39-17-11-18-42(32-39)51(50-43-19-8-7-16-37(43)26-30-44(50)36-14-5-2-6-15-36)41-28-24-35(25-29-41)40-23-22-38-27-31-48-49(46(38)33-40)45-20-9-10-21-47(45)52-48/h1,3-5,7-29,31-33,44H,2,6,30H2. The zero-order valence-electron chi connectivity index (χ0n) is 28.9. The molecule has 10 rings (SSSR count). The van der Waals surface area contributed by atoms with Crippen molar-refractivity contribution in [2.45, 2.75) is 19.3 Å². The molecule has 2 heteroatoms. The highest BCUT2D eigenvalue weighted by molar-refractivity contribution is 6.19. The normalized spacial score (nSPS) is 15.4. The first-order valence-electron chi connectivity index (χ1n) is 18.3. The molecule has 0 bridgehead atoms. The fraction of sp³-hybridized carbons (Fsp3) is 0.0800. The molecule has 0 N–H and O–H groups in total. The third-order valence-electron chi connectivity index (χ3n) is 10.8. The Balaban J connectivity index is 1.15. The van der Waals surface area contributed by atoms with Crippen LogP contribution in [0.5, 0.6) is 0 Å². The van der Waals surface area contributed by atoms with Gasteiger partial charge in [0.2, 0.25) is 0 Å². The van der Waals surface area contributed by atoms with Gasteiger partial charge in [-0.1, -0.05) is 140 Å². The molecule has 0 amide bonds. The number of rotatable bonds is 6. The van der Waals surface area contributed by atoms with Gasteiger partial charge in [-0.25, -0.2) is 0 Å². The summed E-state index contributed by atoms with van der Waals surface area (Å²) in [7, 11) is 0. The number of anilines is 2. The maximum Gasteiger partial charge on any atom is 0.136 e. The van der Waals surface area contributed by atoms with E-state index in [0.717, 1.165) is 47.2 Å². The summed E-state index contributed by atoms with van der Waals surface area (Å²) in [4.78, 5) is 2.53. The lowest BCUT2D eigenvalue weighted by atomic mass is 9.83. The first kappa shape index (κ1) is 30.4. The Labute approximate surface area is 303 Å². The van der Waals surface area contributed by atoms with Crippen LogP contribution in [0.1, 0.15) is 19.3 Å². The van der Waals surface area contributed by atoms with Crippen LogP contribution in [0.25, 0.3) is 66.7 Å². The molecule has 0 spiro atoms. The highest BCUT2D eigenvalue weighted by Gasteiger charge is 2.28. The fourth-order valence-corrected chi connectivity index (χ4v) is 8.32. The van der Waals surface area contributed by atoms with Crippen LogP contribution in [0.2, 0.25) is 0 Å². The average molecular weight is 668 g/mol. The summed E-state index contributed by atoms with van der Waals surface area (Å²) in [5, 5.41) is 7.35. The van der Waals surface area contributed by atoms with Crippen LogP contribution in [0.15, 0.2) is 186 Å². The second kappa shape index (κ2) is 12.7. The van der Waals surface area contributed by atoms with Gasteiger partial charge in [-0.05, 0) is 106 Å². The van der Waals surface area contributed by atoms with E-state index >= 15 is 0 Å². The highest BCUT2D eigenvalue weighted by Crippen LogP contribution is 2.42. The van der Waals surface area contributed by atoms with E-state index in [0.29, 0.717) is 0 Å². The number of para-hydroxylation sites is 1. The lowest BCUT2D eigenvalue weighted by Crippen LogP contribution is -2.39. The van der Waals surface area contributed by atoms with E-state index < -0.39 is 0 Å². The number of fused-ring (bicyclic) bond motifs is 6. The van der Waals surface area contributed by atoms with Crippen LogP contribution >= 0.6 is 0 Å². The first-order chi connectivity index (χ1) is 25.8. The third kappa shape index (κ3) is 5.27. The van der Waals surface area contributed by atoms with Crippen LogP contribution in [0.3, 0.4) is 0 Å². The molecule has 248 valence electrons. The van der Waals surface area contributed by atoms with Crippen LogP contribution in [0, 0.1) is 5.92 Å². The molecular weight excluding hydrogens is 631 g/mol. The summed E-state index contributed by atoms with van der Waals surface area (Å²) in [6.45, 7) is 0. The van der Waals surface area contributed by atoms with Crippen LogP contribution < -0.4 is 15.3 Å². The number of hydrogen-bond acceptors (Lipinski definition) is 2. The van der Waals surface area contributed by atoms with Crippen molar-refractivity contribution >= 4 is 55.9 Å². The molecule has 1 heterocycles. The van der Waals surface area contributed by atoms with Crippen molar-refractivity contribution in [3.63, 3.8) is 0 Å². The predicted molar refractivity (Wildman–Crippen MR) is 219 cm³/mol. The van der Waals surface area contributed by atoms with Crippen molar-refractivity contribution in [3.05, 3.63) is 192 Å². The third-order valence-corrected chi connectivity index (χ3v) is 10.8. The maximum absolute atomic E-state index is 6.24. The Morgan fingerprint density at radius 1 is 0.519 bits per heavy atom. The van der Waals surface area contributed by atoms with E-state index in [2.05, 4.69) is 181 Å². The van der Waals surface area contributed by atoms with Crippen molar-refractivity contribution in [1.29, 1.82) is 0 Å². The zero-order valence-corrected chi connectivity index (χ0v) is 28.9. The monoisotopic (exact) mass is 667 g/mol. The van der Waals surface area contributed by atoms with Crippen LogP contribution in [-0.4, -0.2) is 0 Å². The number of nitrogens with zero attached hydrogens (tertiary/aromatic N) is 1. The first-order valence-corrected chi connectivity index (χ1v) is 18.3. The van der Waals surface area contributed by atoms with E-state index in [-0.39, 0.29) is 5.92 Å². The van der Waals surface area contributed by atoms with Gasteiger partial charge in [0, 0.05) is 39.0 Å². The van der Waals surface area contributed by atoms with Gasteiger partial charge in [-0.2, -0.15) is 0 Å². The molecule has 0 radical (unpaired) electrons. The molecular formula is C50H37NO. The predicted octanol–water partition coefficient (Wildman–Crippen LogP) is 12.1. The Morgan fingerprint density at radius 2 is 1.27 bits per heavy atom. The van der Waals surface area contributed by atoms with E-state index in [1.807, 2.05) is 6.07 Å². The topological polar surface area (TPSA) is 16.4 Å². The summed E-state index contributed by atoms with van der Waals surface area (Å²) in [5.74, 6) is 0.235. The molecule has 1 atom stereocenters. The quantitative estimate of drug-likeness (QED) is 0.175. The van der Waals surface area contributed by atoms with Crippen molar-refractivity contribution in [3.8, 4) is 22.3 Å². The number of benzene rings is 7. The summed E-state index contributed by atoms with van der Waals surface area (Å²) >= 11 is 0. The molecule has 7 aromatic carbocycles. The molecule has 52 heavy (non-hydrogen) atoms. The zero-order chi connectivity index (χ0) is 34.4. The highest BCUT2D eigenvalue weighted by atomic mass is 16.3. The maximum atomic E-state index is 6.24. The largest absolute Gasteiger partial charge is 0.456 e. The SMILES string of the molecule is C1=CC(C2CC=c3ccccc3=C2N(c2ccc(-c3ccc4ccc5oc6ccccc6c5c4c3)cc2)c2cccc(-c3ccccc3)c2)=CCC1. The number of allylic oxidation sites excluding steroid dienone is 3. The average Bonchev–Trinajstić information content (AvgIpc) is 3.61. The molecule has 2 aliphatic carbocycles. The van der Waals surface area contributed by atoms with Gasteiger partial charge in [0.25, 0.3) is 0 Å². The van der Waals surface area contributed by atoms with Crippen molar-refractivity contribution in [2.75, 3.05) is 4.90 Å². The van der Waals surface area contributed by atoms with Crippen molar-refractivity contribution < 1.29 is 4.42 Å². The minimum absolute atomic E-state index is 0.235. The Bertz CT molecular complexity index is 2820. The number of furan rings is 1. The second-order valence-corrected chi connectivity index (χ2v) is 13.9. The van der Waals surface area contributed by atoms with Crippen LogP contribution in [0.4, 0.5) is 11.4 Å². The van der Waals surface area contributed by atoms with Crippen molar-refractivity contribution in [2.24, 2.45) is 5.92 Å². The fourth-order valence-electron chi connectivity index (χ4n) is 8.32. The van der Waals surface area contributed by atoms with Gasteiger partial charge in [-0.3, -0.25) is 0 Å². The molecule has 0 fully saturated rings. The molecule has 1 aromatic heterocycles. The lowest BCUT2D eigenvalue weighted by molar-refractivity contribution is 0.669. The Hall–Kier alpha value is -6.38. The molecule has 2 aliphatic rings. The Morgan fingerprint density at radius 3 is 2.15 bits per heavy atom. The summed E-state index contributed by atoms with van der Waals surface area (Å²) < 4.78 is 6.24. The van der Waals surface area contributed by atoms with E-state index in [9.17, 15) is 0 Å². The van der Waals surface area contributed by atoms with E-state index in [1.165, 1.54) is 60.1 Å². The van der Waals surface area contributed by atoms with Gasteiger partial charge < -0.3 is 9.32 Å². The minimum atomic E-state index is 0.235. The van der Waals surface area contributed by atoms with Gasteiger partial charge in [-0.15, -0.1) is 0 Å². The smallest absolute Gasteiger partial charge is 0.136 e. The summed E-state index contributed by atoms with van der Waals surface area (Å²) in [6.07, 6.45) is 12.7. The van der Waals surface area contributed by atoms with E-state index in [1.54, 1.807) is 0 Å². The second-order valence-electron chi connectivity index (χ2n) is 13.9. The Kier molecular flexibility index (Phi) is 7.46. The minimum Gasteiger partial charge on any atom is -0.456 e. The van der Waals surface area contributed by atoms with E-state index in [4.69, 9.17) is 4.42 Å². The summed E-state index contributed by atoms with van der Waals surface area (Å²) in [6, 6.07) is 57.2. The molecule has 2 nitrogen and oxygen atoms in total. The molecule has 0 saturated carbocycles. The molecule has 1 unspecified atom stereocenters. The van der Waals surface area contributed by atoms with Gasteiger partial charge in [0.1, 0.15) is 11.2 Å². The van der Waals surface area contributed by atoms with Gasteiger partial charge in [0.05, 0.1) is 0 Å². The van der Waals surface area contributed by atoms with Crippen LogP contribution in [-0.2, 0) is 0 Å².